The molecule has 3 aliphatic rings. The highest BCUT2D eigenvalue weighted by atomic mass is 35.5. The Morgan fingerprint density at radius 3 is 2.72 bits per heavy atom. The number of hydrogen-bond acceptors (Lipinski definition) is 5. The van der Waals surface area contributed by atoms with E-state index in [4.69, 9.17) is 28.9 Å². The molecule has 1 aromatic rings. The van der Waals surface area contributed by atoms with Crippen LogP contribution >= 0.6 is 23.2 Å². The molecule has 154 valence electrons. The third kappa shape index (κ3) is 3.71. The van der Waals surface area contributed by atoms with Gasteiger partial charge in [0.05, 0.1) is 18.2 Å². The normalized spacial score (nSPS) is 27.5. The molecule has 4 atom stereocenters. The first-order chi connectivity index (χ1) is 13.9. The van der Waals surface area contributed by atoms with Crippen LogP contribution < -0.4 is 5.73 Å². The van der Waals surface area contributed by atoms with Crippen LogP contribution in [0.3, 0.4) is 0 Å². The summed E-state index contributed by atoms with van der Waals surface area (Å²) >= 11 is 12.5. The van der Waals surface area contributed by atoms with E-state index in [0.29, 0.717) is 49.1 Å². The molecule has 0 spiro atoms. The fourth-order valence-corrected chi connectivity index (χ4v) is 5.22. The quantitative estimate of drug-likeness (QED) is 0.757. The van der Waals surface area contributed by atoms with Gasteiger partial charge in [-0.3, -0.25) is 14.5 Å². The Kier molecular flexibility index (Phi) is 5.71. The summed E-state index contributed by atoms with van der Waals surface area (Å²) < 4.78 is 0. The Morgan fingerprint density at radius 2 is 2.07 bits per heavy atom. The highest BCUT2D eigenvalue weighted by Crippen LogP contribution is 2.35. The third-order valence-electron chi connectivity index (χ3n) is 6.21. The van der Waals surface area contributed by atoms with E-state index in [-0.39, 0.29) is 29.9 Å². The minimum atomic E-state index is -0.734. The monoisotopic (exact) mass is 435 g/mol. The van der Waals surface area contributed by atoms with Gasteiger partial charge in [-0.15, -0.1) is 0 Å². The average Bonchev–Trinajstić information content (AvgIpc) is 3.39. The number of nitrogens with two attached hydrogens (primary N) is 1. The molecule has 3 heterocycles. The Morgan fingerprint density at radius 1 is 1.34 bits per heavy atom. The van der Waals surface area contributed by atoms with E-state index in [0.717, 1.165) is 12.0 Å². The Hall–Kier alpha value is -1.85. The topological polar surface area (TPSA) is 93.7 Å². The van der Waals surface area contributed by atoms with Gasteiger partial charge < -0.3 is 15.5 Å². The fourth-order valence-electron chi connectivity index (χ4n) is 4.70. The summed E-state index contributed by atoms with van der Waals surface area (Å²) in [5, 5.41) is 10.3. The van der Waals surface area contributed by atoms with Crippen molar-refractivity contribution in [2.45, 2.75) is 50.0 Å². The molecule has 3 saturated heterocycles. The van der Waals surface area contributed by atoms with Crippen LogP contribution in [0.15, 0.2) is 18.2 Å². The lowest BCUT2D eigenvalue weighted by Crippen LogP contribution is -2.56. The molecule has 3 fully saturated rings. The van der Waals surface area contributed by atoms with Crippen molar-refractivity contribution >= 4 is 35.0 Å². The van der Waals surface area contributed by atoms with E-state index < -0.39 is 6.04 Å². The molecule has 3 unspecified atom stereocenters. The number of rotatable bonds is 5. The third-order valence-corrected chi connectivity index (χ3v) is 6.92. The molecule has 2 bridgehead atoms. The fraction of sp³-hybridized carbons (Fsp3) is 0.550. The Bertz CT molecular complexity index is 853. The number of amides is 2. The zero-order valence-electron chi connectivity index (χ0n) is 15.9. The number of carbonyl (C=O) groups excluding carboxylic acids is 2. The van der Waals surface area contributed by atoms with Crippen LogP contribution in [0.5, 0.6) is 0 Å². The number of fused-ring (bicyclic) bond motifs is 2. The van der Waals surface area contributed by atoms with Gasteiger partial charge in [0.1, 0.15) is 6.04 Å². The van der Waals surface area contributed by atoms with Crippen molar-refractivity contribution < 1.29 is 9.59 Å². The second kappa shape index (κ2) is 8.11. The maximum Gasteiger partial charge on any atom is 0.241 e. The summed E-state index contributed by atoms with van der Waals surface area (Å²) in [5.41, 5.74) is 6.92. The first-order valence-electron chi connectivity index (χ1n) is 9.83. The molecule has 2 N–H and O–H groups in total. The predicted octanol–water partition coefficient (Wildman–Crippen LogP) is 1.62. The van der Waals surface area contributed by atoms with Crippen molar-refractivity contribution in [2.75, 3.05) is 19.6 Å². The van der Waals surface area contributed by atoms with Gasteiger partial charge in [0.25, 0.3) is 0 Å². The summed E-state index contributed by atoms with van der Waals surface area (Å²) in [6, 6.07) is 6.15. The summed E-state index contributed by atoms with van der Waals surface area (Å²) in [6.07, 6.45) is 2.23. The highest BCUT2D eigenvalue weighted by Gasteiger charge is 2.50. The van der Waals surface area contributed by atoms with Gasteiger partial charge in [-0.2, -0.15) is 5.26 Å². The molecule has 0 saturated carbocycles. The van der Waals surface area contributed by atoms with Crippen LogP contribution in [-0.4, -0.2) is 70.3 Å². The number of hydrogen-bond donors (Lipinski definition) is 1. The first kappa shape index (κ1) is 20.4. The second-order valence-electron chi connectivity index (χ2n) is 7.95. The molecule has 4 rings (SSSR count). The van der Waals surface area contributed by atoms with Crippen molar-refractivity contribution in [1.82, 2.24) is 14.7 Å². The van der Waals surface area contributed by atoms with Gasteiger partial charge in [-0.05, 0) is 31.4 Å². The number of carbonyl (C=O) groups is 2. The first-order valence-corrected chi connectivity index (χ1v) is 10.6. The summed E-state index contributed by atoms with van der Waals surface area (Å²) in [5.74, 6) is -0.183. The molecule has 2 amide bonds. The van der Waals surface area contributed by atoms with Crippen molar-refractivity contribution in [1.29, 1.82) is 5.26 Å². The zero-order valence-corrected chi connectivity index (χ0v) is 17.4. The molecule has 1 aromatic carbocycles. The lowest BCUT2D eigenvalue weighted by molar-refractivity contribution is -0.139. The number of benzene rings is 1. The summed E-state index contributed by atoms with van der Waals surface area (Å²) in [7, 11) is 0. The standard InChI is InChI=1S/C20H23Cl2N5O2/c21-15-4-1-5-16(22)14(15)10-27-13-7-18(20(27)29)25(9-13)11-17(24)19(28)26-6-2-3-12(26)8-23/h1,4-5,12-13,17-18H,2-3,6-7,9-11,24H2/t12?,13-,17?,18?/m0/s1. The predicted molar refractivity (Wildman–Crippen MR) is 109 cm³/mol. The lowest BCUT2D eigenvalue weighted by atomic mass is 10.1. The molecular weight excluding hydrogens is 413 g/mol. The summed E-state index contributed by atoms with van der Waals surface area (Å²) in [6.45, 7) is 1.94. The van der Waals surface area contributed by atoms with E-state index in [9.17, 15) is 14.9 Å². The smallest absolute Gasteiger partial charge is 0.241 e. The number of likely N-dealkylation sites (tertiary alicyclic amines) is 3. The molecule has 7 nitrogen and oxygen atoms in total. The Balaban J connectivity index is 1.39. The van der Waals surface area contributed by atoms with E-state index in [2.05, 4.69) is 6.07 Å². The van der Waals surface area contributed by atoms with Crippen molar-refractivity contribution in [3.63, 3.8) is 0 Å². The molecule has 9 heteroatoms. The van der Waals surface area contributed by atoms with Crippen LogP contribution in [0.4, 0.5) is 0 Å². The highest BCUT2D eigenvalue weighted by molar-refractivity contribution is 6.36. The molecule has 0 aromatic heterocycles. The van der Waals surface area contributed by atoms with E-state index >= 15 is 0 Å². The van der Waals surface area contributed by atoms with Crippen LogP contribution in [-0.2, 0) is 16.1 Å². The number of nitriles is 1. The molecule has 0 aliphatic carbocycles. The van der Waals surface area contributed by atoms with E-state index in [1.54, 1.807) is 23.1 Å². The second-order valence-corrected chi connectivity index (χ2v) is 8.77. The summed E-state index contributed by atoms with van der Waals surface area (Å²) in [4.78, 5) is 31.0. The molecule has 0 radical (unpaired) electrons. The number of nitrogens with zero attached hydrogens (tertiary/aromatic N) is 4. The van der Waals surface area contributed by atoms with Crippen LogP contribution in [0.2, 0.25) is 10.0 Å². The molecular formula is C20H23Cl2N5O2. The van der Waals surface area contributed by atoms with E-state index in [1.165, 1.54) is 0 Å². The maximum atomic E-state index is 12.9. The lowest BCUT2D eigenvalue weighted by Gasteiger charge is -2.35. The number of halogens is 2. The SMILES string of the molecule is N#CC1CCCN1C(=O)C(N)CN1C[C@@H]2CC1C(=O)N2Cc1c(Cl)cccc1Cl. The van der Waals surface area contributed by atoms with Gasteiger partial charge in [0, 0.05) is 47.8 Å². The average molecular weight is 436 g/mol. The van der Waals surface area contributed by atoms with Gasteiger partial charge in [0.15, 0.2) is 0 Å². The minimum absolute atomic E-state index is 0.0213. The zero-order chi connectivity index (χ0) is 20.7. The van der Waals surface area contributed by atoms with E-state index in [1.807, 2.05) is 9.80 Å². The maximum absolute atomic E-state index is 12.9. The van der Waals surface area contributed by atoms with Crippen LogP contribution in [0, 0.1) is 11.3 Å². The molecule has 3 aliphatic heterocycles. The van der Waals surface area contributed by atoms with Crippen molar-refractivity contribution in [3.05, 3.63) is 33.8 Å². The van der Waals surface area contributed by atoms with Gasteiger partial charge in [0.2, 0.25) is 11.8 Å². The van der Waals surface area contributed by atoms with Crippen LogP contribution in [0.1, 0.15) is 24.8 Å². The van der Waals surface area contributed by atoms with Crippen molar-refractivity contribution in [3.8, 4) is 6.07 Å². The molecule has 29 heavy (non-hydrogen) atoms. The van der Waals surface area contributed by atoms with Gasteiger partial charge in [-0.1, -0.05) is 29.3 Å². The number of piperazine rings is 1. The van der Waals surface area contributed by atoms with Gasteiger partial charge in [-0.25, -0.2) is 0 Å². The van der Waals surface area contributed by atoms with Crippen LogP contribution in [0.25, 0.3) is 0 Å². The Labute approximate surface area is 179 Å². The van der Waals surface area contributed by atoms with Crippen molar-refractivity contribution in [2.24, 2.45) is 5.73 Å². The van der Waals surface area contributed by atoms with Gasteiger partial charge >= 0.3 is 0 Å². The minimum Gasteiger partial charge on any atom is -0.333 e. The largest absolute Gasteiger partial charge is 0.333 e.